The van der Waals surface area contributed by atoms with E-state index in [0.29, 0.717) is 23.6 Å². The minimum atomic E-state index is -0.298. The number of nitrogens with zero attached hydrogens (tertiary/aromatic N) is 2. The standard InChI is InChI=1S/C31H24N2O2/c1-20-22-10-4-5-15-28(22)35-31(34)29(20)27-14-6-8-16-32(27)19-21-18-25-23-11-2-3-12-24(23)26-13-7-9-17-33(26)30(21)25/h2-18,25,30H,19H2,1H3/q+2. The van der Waals surface area contributed by atoms with E-state index in [1.54, 1.807) is 0 Å². The van der Waals surface area contributed by atoms with Gasteiger partial charge in [-0.2, -0.15) is 9.13 Å². The number of fused-ring (bicyclic) bond motifs is 7. The first-order chi connectivity index (χ1) is 17.2. The number of aryl methyl sites for hydroxylation is 1. The third kappa shape index (κ3) is 2.96. The van der Waals surface area contributed by atoms with Crippen molar-refractivity contribution in [3.8, 4) is 22.5 Å². The molecule has 5 aromatic rings. The molecule has 35 heavy (non-hydrogen) atoms. The molecule has 0 N–H and O–H groups in total. The highest BCUT2D eigenvalue weighted by Crippen LogP contribution is 2.48. The van der Waals surface area contributed by atoms with E-state index in [4.69, 9.17) is 4.42 Å². The first-order valence-electron chi connectivity index (χ1n) is 12.0. The molecule has 2 unspecified atom stereocenters. The van der Waals surface area contributed by atoms with E-state index in [2.05, 4.69) is 70.1 Å². The summed E-state index contributed by atoms with van der Waals surface area (Å²) >= 11 is 0. The smallest absolute Gasteiger partial charge is 0.350 e. The fraction of sp³-hybridized carbons (Fsp3) is 0.129. The first kappa shape index (κ1) is 20.1. The molecule has 4 nitrogen and oxygen atoms in total. The molecule has 0 bridgehead atoms. The third-order valence-corrected chi connectivity index (χ3v) is 7.52. The van der Waals surface area contributed by atoms with Crippen LogP contribution in [0, 0.1) is 6.92 Å². The Morgan fingerprint density at radius 2 is 1.57 bits per heavy atom. The van der Waals surface area contributed by atoms with Gasteiger partial charge in [0.1, 0.15) is 11.1 Å². The number of benzene rings is 2. The van der Waals surface area contributed by atoms with Crippen molar-refractivity contribution >= 4 is 11.0 Å². The van der Waals surface area contributed by atoms with E-state index in [-0.39, 0.29) is 11.7 Å². The molecule has 0 spiro atoms. The van der Waals surface area contributed by atoms with E-state index >= 15 is 0 Å². The third-order valence-electron chi connectivity index (χ3n) is 7.52. The molecule has 0 saturated heterocycles. The van der Waals surface area contributed by atoms with Crippen LogP contribution in [0.4, 0.5) is 0 Å². The van der Waals surface area contributed by atoms with Crippen molar-refractivity contribution in [2.75, 3.05) is 0 Å². The number of para-hydroxylation sites is 1. The highest BCUT2D eigenvalue weighted by molar-refractivity contribution is 5.85. The molecule has 2 atom stereocenters. The van der Waals surface area contributed by atoms with Crippen molar-refractivity contribution in [3.05, 3.63) is 131 Å². The molecule has 0 amide bonds. The molecule has 1 aliphatic heterocycles. The van der Waals surface area contributed by atoms with Gasteiger partial charge in [-0.3, -0.25) is 0 Å². The Balaban J connectivity index is 1.34. The molecule has 4 heterocycles. The molecule has 7 rings (SSSR count). The van der Waals surface area contributed by atoms with Gasteiger partial charge in [0.25, 0.3) is 0 Å². The maximum absolute atomic E-state index is 13.1. The van der Waals surface area contributed by atoms with E-state index in [1.165, 1.54) is 22.4 Å². The summed E-state index contributed by atoms with van der Waals surface area (Å²) in [6.07, 6.45) is 6.64. The summed E-state index contributed by atoms with van der Waals surface area (Å²) in [5.74, 6) is 0.362. The van der Waals surface area contributed by atoms with Crippen LogP contribution in [0.15, 0.2) is 118 Å². The summed E-state index contributed by atoms with van der Waals surface area (Å²) in [4.78, 5) is 13.1. The van der Waals surface area contributed by atoms with Crippen molar-refractivity contribution in [2.24, 2.45) is 0 Å². The van der Waals surface area contributed by atoms with Crippen LogP contribution in [-0.2, 0) is 6.54 Å². The molecule has 0 saturated carbocycles. The highest BCUT2D eigenvalue weighted by Gasteiger charge is 2.48. The van der Waals surface area contributed by atoms with Gasteiger partial charge in [-0.05, 0) is 42.3 Å². The van der Waals surface area contributed by atoms with E-state index < -0.39 is 0 Å². The molecule has 0 radical (unpaired) electrons. The van der Waals surface area contributed by atoms with Gasteiger partial charge in [0.05, 0.1) is 17.1 Å². The quantitative estimate of drug-likeness (QED) is 0.210. The Labute approximate surface area is 203 Å². The fourth-order valence-corrected chi connectivity index (χ4v) is 5.88. The molecule has 0 fully saturated rings. The Kier molecular flexibility index (Phi) is 4.37. The number of hydrogen-bond acceptors (Lipinski definition) is 2. The monoisotopic (exact) mass is 456 g/mol. The first-order valence-corrected chi connectivity index (χ1v) is 12.0. The maximum Gasteiger partial charge on any atom is 0.350 e. The van der Waals surface area contributed by atoms with Crippen LogP contribution in [-0.4, -0.2) is 0 Å². The SMILES string of the molecule is Cc1c(-c2cccc[n+]2CC2=CC3c4ccccc4-c4cccc[n+]4C23)c(=O)oc2ccccc12. The Bertz CT molecular complexity index is 1730. The molecular formula is C31H24N2O2+2. The zero-order chi connectivity index (χ0) is 23.5. The molecular weight excluding hydrogens is 432 g/mol. The summed E-state index contributed by atoms with van der Waals surface area (Å²) in [7, 11) is 0. The van der Waals surface area contributed by atoms with Crippen molar-refractivity contribution < 1.29 is 13.6 Å². The number of aromatic nitrogens is 2. The molecule has 2 aromatic carbocycles. The normalized spacial score (nSPS) is 17.7. The molecule has 168 valence electrons. The van der Waals surface area contributed by atoms with E-state index in [9.17, 15) is 4.79 Å². The predicted molar refractivity (Wildman–Crippen MR) is 135 cm³/mol. The van der Waals surface area contributed by atoms with Gasteiger partial charge >= 0.3 is 5.63 Å². The summed E-state index contributed by atoms with van der Waals surface area (Å²) in [6, 6.07) is 29.2. The lowest BCUT2D eigenvalue weighted by Gasteiger charge is -2.36. The van der Waals surface area contributed by atoms with Gasteiger partial charge in [0.15, 0.2) is 25.0 Å². The predicted octanol–water partition coefficient (Wildman–Crippen LogP) is 5.29. The van der Waals surface area contributed by atoms with Gasteiger partial charge in [-0.25, -0.2) is 4.79 Å². The highest BCUT2D eigenvalue weighted by atomic mass is 16.4. The van der Waals surface area contributed by atoms with Gasteiger partial charge in [0.2, 0.25) is 11.4 Å². The van der Waals surface area contributed by atoms with Crippen molar-refractivity contribution in [1.82, 2.24) is 0 Å². The van der Waals surface area contributed by atoms with Crippen molar-refractivity contribution in [2.45, 2.75) is 25.4 Å². The summed E-state index contributed by atoms with van der Waals surface area (Å²) < 4.78 is 10.3. The Hall–Kier alpha value is -4.31. The average molecular weight is 457 g/mol. The minimum Gasteiger partial charge on any atom is -0.422 e. The number of rotatable bonds is 3. The Morgan fingerprint density at radius 1 is 0.829 bits per heavy atom. The summed E-state index contributed by atoms with van der Waals surface area (Å²) in [5.41, 5.74) is 8.07. The van der Waals surface area contributed by atoms with Crippen LogP contribution in [0.5, 0.6) is 0 Å². The van der Waals surface area contributed by atoms with Crippen molar-refractivity contribution in [3.63, 3.8) is 0 Å². The zero-order valence-corrected chi connectivity index (χ0v) is 19.4. The number of allylic oxidation sites excluding steroid dienone is 2. The summed E-state index contributed by atoms with van der Waals surface area (Å²) in [6.45, 7) is 2.72. The van der Waals surface area contributed by atoms with Crippen molar-refractivity contribution in [1.29, 1.82) is 0 Å². The van der Waals surface area contributed by atoms with E-state index in [0.717, 1.165) is 16.6 Å². The van der Waals surface area contributed by atoms with Crippen LogP contribution in [0.1, 0.15) is 23.1 Å². The molecule has 3 aromatic heterocycles. The Morgan fingerprint density at radius 3 is 2.49 bits per heavy atom. The van der Waals surface area contributed by atoms with Gasteiger partial charge in [-0.1, -0.05) is 42.5 Å². The van der Waals surface area contributed by atoms with Crippen LogP contribution in [0.2, 0.25) is 0 Å². The second-order valence-electron chi connectivity index (χ2n) is 9.39. The number of hydrogen-bond donors (Lipinski definition) is 0. The fourth-order valence-electron chi connectivity index (χ4n) is 5.88. The largest absolute Gasteiger partial charge is 0.422 e. The van der Waals surface area contributed by atoms with Crippen LogP contribution >= 0.6 is 0 Å². The lowest BCUT2D eigenvalue weighted by Crippen LogP contribution is -2.54. The van der Waals surface area contributed by atoms with Crippen LogP contribution in [0.3, 0.4) is 0 Å². The van der Waals surface area contributed by atoms with Crippen LogP contribution < -0.4 is 14.8 Å². The topological polar surface area (TPSA) is 38.0 Å². The molecule has 4 heteroatoms. The zero-order valence-electron chi connectivity index (χ0n) is 19.4. The minimum absolute atomic E-state index is 0.274. The lowest BCUT2D eigenvalue weighted by atomic mass is 9.71. The lowest BCUT2D eigenvalue weighted by molar-refractivity contribution is -0.726. The molecule has 2 aliphatic rings. The maximum atomic E-state index is 13.1. The van der Waals surface area contributed by atoms with Gasteiger partial charge in [-0.15, -0.1) is 0 Å². The average Bonchev–Trinajstić information content (AvgIpc) is 2.87. The second kappa shape index (κ2) is 7.60. The summed E-state index contributed by atoms with van der Waals surface area (Å²) in [5, 5.41) is 0.966. The van der Waals surface area contributed by atoms with Crippen LogP contribution in [0.25, 0.3) is 33.5 Å². The van der Waals surface area contributed by atoms with Gasteiger partial charge in [0, 0.05) is 29.7 Å². The number of pyridine rings is 2. The molecule has 1 aliphatic carbocycles. The van der Waals surface area contributed by atoms with E-state index in [1.807, 2.05) is 49.4 Å². The second-order valence-corrected chi connectivity index (χ2v) is 9.39. The van der Waals surface area contributed by atoms with Gasteiger partial charge < -0.3 is 4.42 Å².